The number of nitrogen functional groups attached to an aromatic ring is 1. The number of benzene rings is 1. The molecule has 0 fully saturated rings. The number of hydrogen-bond acceptors (Lipinski definition) is 5. The summed E-state index contributed by atoms with van der Waals surface area (Å²) in [4.78, 5) is 10.1. The van der Waals surface area contributed by atoms with Crippen LogP contribution in [0.3, 0.4) is 0 Å². The van der Waals surface area contributed by atoms with Crippen molar-refractivity contribution >= 4 is 11.4 Å². The van der Waals surface area contributed by atoms with E-state index in [1.54, 1.807) is 0 Å². The van der Waals surface area contributed by atoms with Crippen molar-refractivity contribution in [2.75, 3.05) is 5.43 Å². The maximum absolute atomic E-state index is 12.5. The van der Waals surface area contributed by atoms with Gasteiger partial charge in [-0.2, -0.15) is 18.3 Å². The summed E-state index contributed by atoms with van der Waals surface area (Å²) in [7, 11) is 0. The van der Waals surface area contributed by atoms with Gasteiger partial charge in [0.05, 0.1) is 28.9 Å². The molecular weight excluding hydrogens is 291 g/mol. The number of halogens is 3. The molecule has 10 heteroatoms. The Kier molecular flexibility index (Phi) is 3.80. The summed E-state index contributed by atoms with van der Waals surface area (Å²) in [6, 6.07) is 3.84. The Morgan fingerprint density at radius 2 is 2.14 bits per heavy atom. The summed E-state index contributed by atoms with van der Waals surface area (Å²) in [6.07, 6.45) is -2.98. The zero-order chi connectivity index (χ0) is 15.6. The molecule has 0 amide bonds. The maximum atomic E-state index is 12.5. The molecule has 2 aromatic rings. The van der Waals surface area contributed by atoms with Crippen molar-refractivity contribution in [1.82, 2.24) is 9.78 Å². The summed E-state index contributed by atoms with van der Waals surface area (Å²) < 4.78 is 38.5. The zero-order valence-electron chi connectivity index (χ0n) is 10.5. The van der Waals surface area contributed by atoms with Crippen molar-refractivity contribution in [3.05, 3.63) is 51.8 Å². The van der Waals surface area contributed by atoms with Crippen LogP contribution < -0.4 is 11.3 Å². The minimum Gasteiger partial charge on any atom is -0.324 e. The van der Waals surface area contributed by atoms with Crippen LogP contribution in [0.1, 0.15) is 11.1 Å². The SMILES string of the molecule is NNc1ccc([N+](=O)[O-])cc1Cn1cc(C(F)(F)F)cn1. The molecule has 1 aromatic carbocycles. The zero-order valence-corrected chi connectivity index (χ0v) is 10.5. The summed E-state index contributed by atoms with van der Waals surface area (Å²) in [5.74, 6) is 5.28. The van der Waals surface area contributed by atoms with Gasteiger partial charge in [0.25, 0.3) is 5.69 Å². The highest BCUT2D eigenvalue weighted by molar-refractivity contribution is 5.55. The Hall–Kier alpha value is -2.62. The summed E-state index contributed by atoms with van der Waals surface area (Å²) >= 11 is 0. The number of nitrogens with zero attached hydrogens (tertiary/aromatic N) is 3. The number of hydrogen-bond donors (Lipinski definition) is 2. The molecule has 0 bridgehead atoms. The largest absolute Gasteiger partial charge is 0.419 e. The Labute approximate surface area is 116 Å². The van der Waals surface area contributed by atoms with Crippen molar-refractivity contribution in [3.63, 3.8) is 0 Å². The first-order valence-electron chi connectivity index (χ1n) is 5.65. The summed E-state index contributed by atoms with van der Waals surface area (Å²) in [5.41, 5.74) is 1.97. The normalized spacial score (nSPS) is 11.4. The smallest absolute Gasteiger partial charge is 0.324 e. The molecule has 0 saturated carbocycles. The average Bonchev–Trinajstić information content (AvgIpc) is 2.87. The minimum atomic E-state index is -4.49. The number of rotatable bonds is 4. The van der Waals surface area contributed by atoms with Crippen molar-refractivity contribution in [1.29, 1.82) is 0 Å². The van der Waals surface area contributed by atoms with E-state index in [-0.39, 0.29) is 12.2 Å². The highest BCUT2D eigenvalue weighted by Crippen LogP contribution is 2.29. The second kappa shape index (κ2) is 5.40. The third-order valence-corrected chi connectivity index (χ3v) is 2.75. The second-order valence-corrected chi connectivity index (χ2v) is 4.17. The van der Waals surface area contributed by atoms with Crippen LogP contribution >= 0.6 is 0 Å². The van der Waals surface area contributed by atoms with Crippen molar-refractivity contribution in [3.8, 4) is 0 Å². The van der Waals surface area contributed by atoms with Crippen LogP contribution in [0.15, 0.2) is 30.6 Å². The molecule has 0 saturated heterocycles. The molecule has 7 nitrogen and oxygen atoms in total. The van der Waals surface area contributed by atoms with Gasteiger partial charge in [0.2, 0.25) is 0 Å². The molecular formula is C11H10F3N5O2. The predicted molar refractivity (Wildman–Crippen MR) is 67.2 cm³/mol. The van der Waals surface area contributed by atoms with Crippen molar-refractivity contribution in [2.24, 2.45) is 5.84 Å². The number of alkyl halides is 3. The molecule has 0 aliphatic carbocycles. The van der Waals surface area contributed by atoms with Crippen LogP contribution in [0.2, 0.25) is 0 Å². The fourth-order valence-corrected chi connectivity index (χ4v) is 1.74. The van der Waals surface area contributed by atoms with E-state index in [4.69, 9.17) is 5.84 Å². The molecule has 0 aliphatic rings. The van der Waals surface area contributed by atoms with Gasteiger partial charge in [-0.25, -0.2) is 0 Å². The van der Waals surface area contributed by atoms with Gasteiger partial charge in [0.15, 0.2) is 0 Å². The summed E-state index contributed by atoms with van der Waals surface area (Å²) in [6.45, 7) is -0.0860. The lowest BCUT2D eigenvalue weighted by atomic mass is 10.1. The van der Waals surface area contributed by atoms with E-state index >= 15 is 0 Å². The monoisotopic (exact) mass is 301 g/mol. The molecule has 112 valence electrons. The first kappa shape index (κ1) is 14.8. The lowest BCUT2D eigenvalue weighted by molar-refractivity contribution is -0.384. The fourth-order valence-electron chi connectivity index (χ4n) is 1.74. The Morgan fingerprint density at radius 3 is 2.67 bits per heavy atom. The number of anilines is 1. The number of hydrazine groups is 1. The topological polar surface area (TPSA) is 99.0 Å². The van der Waals surface area contributed by atoms with E-state index < -0.39 is 16.7 Å². The molecule has 0 radical (unpaired) electrons. The van der Waals surface area contributed by atoms with Crippen LogP contribution in [0.5, 0.6) is 0 Å². The predicted octanol–water partition coefficient (Wildman–Crippen LogP) is 2.14. The third kappa shape index (κ3) is 3.28. The second-order valence-electron chi connectivity index (χ2n) is 4.17. The maximum Gasteiger partial charge on any atom is 0.419 e. The van der Waals surface area contributed by atoms with Gasteiger partial charge in [0.1, 0.15) is 0 Å². The molecule has 0 atom stereocenters. The molecule has 1 heterocycles. The lowest BCUT2D eigenvalue weighted by Gasteiger charge is -2.09. The molecule has 1 aromatic heterocycles. The number of nitro groups is 1. The average molecular weight is 301 g/mol. The number of non-ortho nitro benzene ring substituents is 1. The van der Waals surface area contributed by atoms with Crippen LogP contribution in [0.25, 0.3) is 0 Å². The Balaban J connectivity index is 2.32. The van der Waals surface area contributed by atoms with Gasteiger partial charge in [-0.1, -0.05) is 0 Å². The van der Waals surface area contributed by atoms with Crippen LogP contribution in [0, 0.1) is 10.1 Å². The summed E-state index contributed by atoms with van der Waals surface area (Å²) in [5, 5.41) is 14.3. The van der Waals surface area contributed by atoms with Gasteiger partial charge in [-0.3, -0.25) is 20.6 Å². The van der Waals surface area contributed by atoms with Crippen LogP contribution in [-0.4, -0.2) is 14.7 Å². The Bertz CT molecular complexity index is 668. The number of nitrogens with one attached hydrogen (secondary N) is 1. The first-order valence-corrected chi connectivity index (χ1v) is 5.65. The number of aromatic nitrogens is 2. The van der Waals surface area contributed by atoms with E-state index in [0.717, 1.165) is 10.9 Å². The van der Waals surface area contributed by atoms with Gasteiger partial charge < -0.3 is 5.43 Å². The van der Waals surface area contributed by atoms with Gasteiger partial charge in [-0.15, -0.1) is 0 Å². The first-order chi connectivity index (χ1) is 9.81. The molecule has 0 aliphatic heterocycles. The number of nitrogens with two attached hydrogens (primary N) is 1. The third-order valence-electron chi connectivity index (χ3n) is 2.75. The van der Waals surface area contributed by atoms with E-state index in [9.17, 15) is 23.3 Å². The van der Waals surface area contributed by atoms with Crippen LogP contribution in [0.4, 0.5) is 24.5 Å². The molecule has 0 spiro atoms. The van der Waals surface area contributed by atoms with E-state index in [1.807, 2.05) is 0 Å². The lowest BCUT2D eigenvalue weighted by Crippen LogP contribution is -2.11. The molecule has 3 N–H and O–H groups in total. The standard InChI is InChI=1S/C11H10F3N5O2/c12-11(13,14)8-4-16-18(6-8)5-7-3-9(19(20)21)1-2-10(7)17-15/h1-4,6,17H,5,15H2. The van der Waals surface area contributed by atoms with E-state index in [0.29, 0.717) is 17.4 Å². The molecule has 21 heavy (non-hydrogen) atoms. The van der Waals surface area contributed by atoms with E-state index in [1.165, 1.54) is 18.2 Å². The van der Waals surface area contributed by atoms with Gasteiger partial charge in [0, 0.05) is 23.9 Å². The van der Waals surface area contributed by atoms with Crippen molar-refractivity contribution in [2.45, 2.75) is 12.7 Å². The van der Waals surface area contributed by atoms with E-state index in [2.05, 4.69) is 10.5 Å². The Morgan fingerprint density at radius 1 is 1.43 bits per heavy atom. The highest BCUT2D eigenvalue weighted by atomic mass is 19.4. The number of nitro benzene ring substituents is 1. The van der Waals surface area contributed by atoms with Crippen molar-refractivity contribution < 1.29 is 18.1 Å². The molecule has 2 rings (SSSR count). The quantitative estimate of drug-likeness (QED) is 0.512. The van der Waals surface area contributed by atoms with Gasteiger partial charge >= 0.3 is 6.18 Å². The van der Waals surface area contributed by atoms with Gasteiger partial charge in [-0.05, 0) is 6.07 Å². The fraction of sp³-hybridized carbons (Fsp3) is 0.182. The molecule has 0 unspecified atom stereocenters. The van der Waals surface area contributed by atoms with Crippen LogP contribution in [-0.2, 0) is 12.7 Å². The minimum absolute atomic E-state index is 0.0860. The highest BCUT2D eigenvalue weighted by Gasteiger charge is 2.32.